The molecule has 0 aromatic heterocycles. The van der Waals surface area contributed by atoms with Crippen molar-refractivity contribution in [3.8, 4) is 0 Å². The third-order valence-electron chi connectivity index (χ3n) is 4.90. The molecule has 1 unspecified atom stereocenters. The molecule has 0 fully saturated rings. The van der Waals surface area contributed by atoms with Gasteiger partial charge in [-0.05, 0) is 37.6 Å². The van der Waals surface area contributed by atoms with E-state index in [1.807, 2.05) is 37.3 Å². The number of hydrogen-bond acceptors (Lipinski definition) is 5. The monoisotopic (exact) mass is 453 g/mol. The molecule has 8 nitrogen and oxygen atoms in total. The van der Waals surface area contributed by atoms with Crippen LogP contribution in [-0.4, -0.2) is 25.8 Å². The van der Waals surface area contributed by atoms with E-state index in [9.17, 15) is 23.3 Å². The van der Waals surface area contributed by atoms with Crippen LogP contribution in [0.4, 0.5) is 11.4 Å². The third kappa shape index (κ3) is 5.30. The molecular weight excluding hydrogens is 430 g/mol. The van der Waals surface area contributed by atoms with E-state index >= 15 is 0 Å². The highest BCUT2D eigenvalue weighted by molar-refractivity contribution is 7.92. The van der Waals surface area contributed by atoms with Crippen molar-refractivity contribution >= 4 is 27.3 Å². The molecule has 9 heteroatoms. The summed E-state index contributed by atoms with van der Waals surface area (Å²) in [6, 6.07) is 20.3. The molecular formula is C23H23N3O5S. The smallest absolute Gasteiger partial charge is 0.271 e. The standard InChI is InChI=1S/C23H23N3O5S/c1-17-11-13-22(14-12-17)32(30,31)25(20-9-6-10-21(15-20)26(28)29)16-23(27)24-18(2)19-7-4-3-5-8-19/h3-15,18H,16H2,1-2H3,(H,24,27). The molecule has 0 spiro atoms. The second kappa shape index (κ2) is 9.61. The number of sulfonamides is 1. The summed E-state index contributed by atoms with van der Waals surface area (Å²) in [6.45, 7) is 3.08. The predicted octanol–water partition coefficient (Wildman–Crippen LogP) is 3.98. The number of nitro groups is 1. The first-order valence-electron chi connectivity index (χ1n) is 9.86. The maximum Gasteiger partial charge on any atom is 0.271 e. The lowest BCUT2D eigenvalue weighted by Gasteiger charge is -2.25. The maximum absolute atomic E-state index is 13.4. The molecule has 0 bridgehead atoms. The van der Waals surface area contributed by atoms with Gasteiger partial charge < -0.3 is 5.32 Å². The number of non-ortho nitro benzene ring substituents is 1. The Labute approximate surface area is 186 Å². The fourth-order valence-corrected chi connectivity index (χ4v) is 4.57. The number of nitrogens with one attached hydrogen (secondary N) is 1. The molecule has 166 valence electrons. The first kappa shape index (κ1) is 23.0. The van der Waals surface area contributed by atoms with Crippen molar-refractivity contribution in [1.29, 1.82) is 0 Å². The van der Waals surface area contributed by atoms with Crippen molar-refractivity contribution in [2.75, 3.05) is 10.8 Å². The van der Waals surface area contributed by atoms with Crippen LogP contribution in [0.1, 0.15) is 24.1 Å². The van der Waals surface area contributed by atoms with Gasteiger partial charge >= 0.3 is 0 Å². The van der Waals surface area contributed by atoms with E-state index < -0.39 is 27.4 Å². The molecule has 0 aliphatic carbocycles. The molecule has 0 aliphatic heterocycles. The van der Waals surface area contributed by atoms with Crippen LogP contribution in [0.3, 0.4) is 0 Å². The van der Waals surface area contributed by atoms with Crippen LogP contribution >= 0.6 is 0 Å². The summed E-state index contributed by atoms with van der Waals surface area (Å²) >= 11 is 0. The number of amides is 1. The van der Waals surface area contributed by atoms with Gasteiger partial charge in [0.25, 0.3) is 15.7 Å². The zero-order valence-corrected chi connectivity index (χ0v) is 18.5. The minimum absolute atomic E-state index is 0.0153. The Kier molecular flexibility index (Phi) is 6.89. The normalized spacial score (nSPS) is 12.1. The zero-order chi connectivity index (χ0) is 23.3. The fraction of sp³-hybridized carbons (Fsp3) is 0.174. The molecule has 3 aromatic carbocycles. The number of hydrogen-bond donors (Lipinski definition) is 1. The summed E-state index contributed by atoms with van der Waals surface area (Å²) in [5.41, 5.74) is 1.50. The molecule has 0 radical (unpaired) electrons. The second-order valence-corrected chi connectivity index (χ2v) is 9.16. The van der Waals surface area contributed by atoms with E-state index in [1.165, 1.54) is 30.3 Å². The maximum atomic E-state index is 13.4. The van der Waals surface area contributed by atoms with Crippen molar-refractivity contribution in [3.63, 3.8) is 0 Å². The lowest BCUT2D eigenvalue weighted by atomic mass is 10.1. The van der Waals surface area contributed by atoms with Crippen LogP contribution in [0.2, 0.25) is 0 Å². The molecule has 1 atom stereocenters. The average Bonchev–Trinajstić information content (AvgIpc) is 2.78. The van der Waals surface area contributed by atoms with E-state index in [4.69, 9.17) is 0 Å². The van der Waals surface area contributed by atoms with Crippen molar-refractivity contribution in [3.05, 3.63) is 100 Å². The van der Waals surface area contributed by atoms with Crippen molar-refractivity contribution in [2.24, 2.45) is 0 Å². The Morgan fingerprint density at radius 1 is 1.03 bits per heavy atom. The number of aryl methyl sites for hydroxylation is 1. The number of rotatable bonds is 8. The minimum atomic E-state index is -4.16. The van der Waals surface area contributed by atoms with Crippen molar-refractivity contribution in [2.45, 2.75) is 24.8 Å². The summed E-state index contributed by atoms with van der Waals surface area (Å²) in [4.78, 5) is 23.4. The van der Waals surface area contributed by atoms with Crippen LogP contribution in [-0.2, 0) is 14.8 Å². The number of carbonyl (C=O) groups is 1. The van der Waals surface area contributed by atoms with Crippen LogP contribution < -0.4 is 9.62 Å². The van der Waals surface area contributed by atoms with Crippen LogP contribution in [0.25, 0.3) is 0 Å². The van der Waals surface area contributed by atoms with Gasteiger partial charge in [0.15, 0.2) is 0 Å². The summed E-state index contributed by atoms with van der Waals surface area (Å²) in [6.07, 6.45) is 0. The van der Waals surface area contributed by atoms with Gasteiger partial charge in [0, 0.05) is 12.1 Å². The lowest BCUT2D eigenvalue weighted by Crippen LogP contribution is -2.41. The Morgan fingerprint density at radius 3 is 2.31 bits per heavy atom. The number of nitro benzene ring substituents is 1. The molecule has 3 rings (SSSR count). The highest BCUT2D eigenvalue weighted by atomic mass is 32.2. The summed E-state index contributed by atoms with van der Waals surface area (Å²) in [5, 5.41) is 14.0. The molecule has 0 heterocycles. The summed E-state index contributed by atoms with van der Waals surface area (Å²) in [5.74, 6) is -0.538. The van der Waals surface area contributed by atoms with Gasteiger partial charge in [0.05, 0.1) is 21.5 Å². The van der Waals surface area contributed by atoms with Gasteiger partial charge in [-0.25, -0.2) is 8.42 Å². The predicted molar refractivity (Wildman–Crippen MR) is 122 cm³/mol. The Bertz CT molecular complexity index is 1210. The van der Waals surface area contributed by atoms with Crippen LogP contribution in [0.15, 0.2) is 83.8 Å². The van der Waals surface area contributed by atoms with Crippen molar-refractivity contribution in [1.82, 2.24) is 5.32 Å². The quantitative estimate of drug-likeness (QED) is 0.410. The second-order valence-electron chi connectivity index (χ2n) is 7.30. The van der Waals surface area contributed by atoms with E-state index in [2.05, 4.69) is 5.32 Å². The molecule has 1 amide bonds. The van der Waals surface area contributed by atoms with Gasteiger partial charge in [-0.2, -0.15) is 0 Å². The molecule has 32 heavy (non-hydrogen) atoms. The number of carbonyl (C=O) groups excluding carboxylic acids is 1. The Balaban J connectivity index is 1.95. The topological polar surface area (TPSA) is 110 Å². The van der Waals surface area contributed by atoms with Gasteiger partial charge in [-0.15, -0.1) is 0 Å². The average molecular weight is 454 g/mol. The number of nitrogens with zero attached hydrogens (tertiary/aromatic N) is 2. The van der Waals surface area contributed by atoms with Gasteiger partial charge in [-0.3, -0.25) is 19.2 Å². The summed E-state index contributed by atoms with van der Waals surface area (Å²) < 4.78 is 27.7. The third-order valence-corrected chi connectivity index (χ3v) is 6.69. The fourth-order valence-electron chi connectivity index (χ4n) is 3.16. The van der Waals surface area contributed by atoms with Crippen LogP contribution in [0.5, 0.6) is 0 Å². The number of benzene rings is 3. The highest BCUT2D eigenvalue weighted by Crippen LogP contribution is 2.27. The number of anilines is 1. The SMILES string of the molecule is Cc1ccc(S(=O)(=O)N(CC(=O)NC(C)c2ccccc2)c2cccc([N+](=O)[O-])c2)cc1. The Hall–Kier alpha value is -3.72. The van der Waals surface area contributed by atoms with Gasteiger partial charge in [-0.1, -0.05) is 54.1 Å². The van der Waals surface area contributed by atoms with Crippen molar-refractivity contribution < 1.29 is 18.1 Å². The van der Waals surface area contributed by atoms with E-state index in [0.717, 1.165) is 21.5 Å². The molecule has 3 aromatic rings. The molecule has 0 saturated carbocycles. The Morgan fingerprint density at radius 2 is 1.69 bits per heavy atom. The first-order chi connectivity index (χ1) is 15.2. The van der Waals surface area contributed by atoms with E-state index in [-0.39, 0.29) is 22.3 Å². The van der Waals surface area contributed by atoms with Gasteiger partial charge in [0.1, 0.15) is 6.54 Å². The van der Waals surface area contributed by atoms with E-state index in [0.29, 0.717) is 0 Å². The highest BCUT2D eigenvalue weighted by Gasteiger charge is 2.28. The largest absolute Gasteiger partial charge is 0.348 e. The minimum Gasteiger partial charge on any atom is -0.348 e. The summed E-state index contributed by atoms with van der Waals surface area (Å²) in [7, 11) is -4.16. The molecule has 0 saturated heterocycles. The molecule has 0 aliphatic rings. The molecule has 1 N–H and O–H groups in total. The van der Waals surface area contributed by atoms with Crippen LogP contribution in [0, 0.1) is 17.0 Å². The van der Waals surface area contributed by atoms with E-state index in [1.54, 1.807) is 19.1 Å². The van der Waals surface area contributed by atoms with Gasteiger partial charge in [0.2, 0.25) is 5.91 Å². The zero-order valence-electron chi connectivity index (χ0n) is 17.6. The first-order valence-corrected chi connectivity index (χ1v) is 11.3. The lowest BCUT2D eigenvalue weighted by molar-refractivity contribution is -0.384.